The van der Waals surface area contributed by atoms with Gasteiger partial charge in [-0.1, -0.05) is 12.1 Å². The predicted molar refractivity (Wildman–Crippen MR) is 58.5 cm³/mol. The molecule has 102 valence electrons. The minimum atomic E-state index is -4.80. The molecule has 0 unspecified atom stereocenters. The number of hydrogen-bond acceptors (Lipinski definition) is 4. The summed E-state index contributed by atoms with van der Waals surface area (Å²) in [6.07, 6.45) is -7.47. The molecule has 0 aliphatic heterocycles. The fourth-order valence-corrected chi connectivity index (χ4v) is 1.55. The number of para-hydroxylation sites is 1. The Hall–Kier alpha value is -1.47. The van der Waals surface area contributed by atoms with E-state index in [1.807, 2.05) is 0 Å². The number of methoxy groups -OCH3 is 2. The summed E-state index contributed by atoms with van der Waals surface area (Å²) < 4.78 is 47.1. The largest absolute Gasteiger partial charge is 0.493 e. The summed E-state index contributed by atoms with van der Waals surface area (Å²) in [6.45, 7) is 0. The molecule has 1 aromatic carbocycles. The van der Waals surface area contributed by atoms with E-state index in [1.54, 1.807) is 0 Å². The molecule has 0 radical (unpaired) electrons. The molecule has 0 bridgehead atoms. The van der Waals surface area contributed by atoms with Gasteiger partial charge in [-0.3, -0.25) is 0 Å². The third-order valence-electron chi connectivity index (χ3n) is 2.47. The van der Waals surface area contributed by atoms with E-state index in [-0.39, 0.29) is 17.1 Å². The zero-order chi connectivity index (χ0) is 13.9. The molecule has 0 aliphatic carbocycles. The van der Waals surface area contributed by atoms with Gasteiger partial charge < -0.3 is 20.3 Å². The molecular formula is C11H14F3NO3. The first-order chi connectivity index (χ1) is 8.32. The maximum atomic E-state index is 12.4. The van der Waals surface area contributed by atoms with Gasteiger partial charge in [0.15, 0.2) is 17.6 Å². The average Bonchev–Trinajstić information content (AvgIpc) is 2.34. The summed E-state index contributed by atoms with van der Waals surface area (Å²) in [7, 11) is 2.64. The van der Waals surface area contributed by atoms with Crippen LogP contribution in [-0.4, -0.2) is 31.6 Å². The fraction of sp³-hybridized carbons (Fsp3) is 0.455. The van der Waals surface area contributed by atoms with Crippen molar-refractivity contribution in [3.63, 3.8) is 0 Å². The molecular weight excluding hydrogens is 251 g/mol. The number of halogens is 3. The molecule has 0 aliphatic rings. The molecule has 1 aromatic rings. The van der Waals surface area contributed by atoms with Crippen molar-refractivity contribution >= 4 is 0 Å². The Morgan fingerprint density at radius 2 is 1.83 bits per heavy atom. The van der Waals surface area contributed by atoms with Crippen LogP contribution >= 0.6 is 0 Å². The number of nitrogens with two attached hydrogens (primary N) is 1. The molecule has 7 heteroatoms. The Bertz CT molecular complexity index is 409. The van der Waals surface area contributed by atoms with Gasteiger partial charge in [0.05, 0.1) is 20.3 Å². The maximum Gasteiger partial charge on any atom is 0.416 e. The van der Waals surface area contributed by atoms with Gasteiger partial charge in [0, 0.05) is 5.56 Å². The minimum Gasteiger partial charge on any atom is -0.493 e. The van der Waals surface area contributed by atoms with Crippen LogP contribution in [-0.2, 0) is 0 Å². The highest BCUT2D eigenvalue weighted by atomic mass is 19.4. The van der Waals surface area contributed by atoms with Crippen molar-refractivity contribution in [2.75, 3.05) is 14.2 Å². The second-order valence-corrected chi connectivity index (χ2v) is 3.59. The summed E-state index contributed by atoms with van der Waals surface area (Å²) in [5.74, 6) is 0.329. The molecule has 0 amide bonds. The number of benzene rings is 1. The second kappa shape index (κ2) is 5.45. The van der Waals surface area contributed by atoms with Crippen molar-refractivity contribution in [3.05, 3.63) is 23.8 Å². The molecule has 0 spiro atoms. The number of aliphatic hydroxyl groups excluding tert-OH is 1. The topological polar surface area (TPSA) is 64.7 Å². The van der Waals surface area contributed by atoms with Crippen LogP contribution in [0.2, 0.25) is 0 Å². The van der Waals surface area contributed by atoms with E-state index in [0.717, 1.165) is 0 Å². The molecule has 0 aromatic heterocycles. The van der Waals surface area contributed by atoms with Crippen LogP contribution < -0.4 is 15.2 Å². The SMILES string of the molecule is COc1cccc([C@@H](N)[C@@H](O)C(F)(F)F)c1OC. The van der Waals surface area contributed by atoms with Gasteiger partial charge >= 0.3 is 6.18 Å². The molecule has 0 saturated carbocycles. The minimum absolute atomic E-state index is 0.0293. The zero-order valence-corrected chi connectivity index (χ0v) is 9.86. The van der Waals surface area contributed by atoms with Crippen molar-refractivity contribution < 1.29 is 27.8 Å². The summed E-state index contributed by atoms with van der Waals surface area (Å²) in [5.41, 5.74) is 5.45. The van der Waals surface area contributed by atoms with Crippen molar-refractivity contribution in [1.82, 2.24) is 0 Å². The van der Waals surface area contributed by atoms with Crippen LogP contribution in [0, 0.1) is 0 Å². The van der Waals surface area contributed by atoms with Crippen LogP contribution in [0.25, 0.3) is 0 Å². The van der Waals surface area contributed by atoms with Crippen molar-refractivity contribution in [2.45, 2.75) is 18.3 Å². The normalized spacial score (nSPS) is 15.1. The van der Waals surface area contributed by atoms with Crippen molar-refractivity contribution in [2.24, 2.45) is 5.73 Å². The molecule has 0 saturated heterocycles. The third kappa shape index (κ3) is 2.85. The van der Waals surface area contributed by atoms with E-state index in [2.05, 4.69) is 0 Å². The summed E-state index contributed by atoms with van der Waals surface area (Å²) in [5, 5.41) is 9.14. The van der Waals surface area contributed by atoms with Gasteiger partial charge in [0.1, 0.15) is 0 Å². The van der Waals surface area contributed by atoms with Gasteiger partial charge in [0.25, 0.3) is 0 Å². The van der Waals surface area contributed by atoms with E-state index in [1.165, 1.54) is 32.4 Å². The predicted octanol–water partition coefficient (Wildman–Crippen LogP) is 1.63. The lowest BCUT2D eigenvalue weighted by Gasteiger charge is -2.23. The number of alkyl halides is 3. The quantitative estimate of drug-likeness (QED) is 0.868. The zero-order valence-electron chi connectivity index (χ0n) is 9.86. The first-order valence-electron chi connectivity index (χ1n) is 5.04. The number of aliphatic hydroxyl groups is 1. The molecule has 1 rings (SSSR count). The van der Waals surface area contributed by atoms with Gasteiger partial charge in [-0.25, -0.2) is 0 Å². The number of ether oxygens (including phenoxy) is 2. The standard InChI is InChI=1S/C11H14F3NO3/c1-17-7-5-3-4-6(9(7)18-2)8(15)10(16)11(12,13)14/h3-5,8,10,16H,15H2,1-2H3/t8-,10-/m1/s1. The number of rotatable bonds is 4. The second-order valence-electron chi connectivity index (χ2n) is 3.59. The van der Waals surface area contributed by atoms with Gasteiger partial charge in [-0.2, -0.15) is 13.2 Å². The summed E-state index contributed by atoms with van der Waals surface area (Å²) >= 11 is 0. The summed E-state index contributed by atoms with van der Waals surface area (Å²) in [6, 6.07) is 2.70. The van der Waals surface area contributed by atoms with Crippen molar-refractivity contribution in [1.29, 1.82) is 0 Å². The lowest BCUT2D eigenvalue weighted by molar-refractivity contribution is -0.210. The van der Waals surface area contributed by atoms with Crippen LogP contribution in [0.4, 0.5) is 13.2 Å². The highest BCUT2D eigenvalue weighted by Crippen LogP contribution is 2.37. The third-order valence-corrected chi connectivity index (χ3v) is 2.47. The highest BCUT2D eigenvalue weighted by Gasteiger charge is 2.43. The van der Waals surface area contributed by atoms with E-state index in [4.69, 9.17) is 20.3 Å². The molecule has 18 heavy (non-hydrogen) atoms. The lowest BCUT2D eigenvalue weighted by atomic mass is 10.0. The van der Waals surface area contributed by atoms with Crippen LogP contribution in [0.15, 0.2) is 18.2 Å². The van der Waals surface area contributed by atoms with Crippen LogP contribution in [0.1, 0.15) is 11.6 Å². The average molecular weight is 265 g/mol. The Labute approximate surface area is 102 Å². The van der Waals surface area contributed by atoms with Gasteiger partial charge in [-0.15, -0.1) is 0 Å². The summed E-state index contributed by atoms with van der Waals surface area (Å²) in [4.78, 5) is 0. The maximum absolute atomic E-state index is 12.4. The Morgan fingerprint density at radius 1 is 1.22 bits per heavy atom. The molecule has 2 atom stereocenters. The van der Waals surface area contributed by atoms with Gasteiger partial charge in [-0.05, 0) is 6.07 Å². The Kier molecular flexibility index (Phi) is 4.42. The van der Waals surface area contributed by atoms with Gasteiger partial charge in [0.2, 0.25) is 0 Å². The monoisotopic (exact) mass is 265 g/mol. The highest BCUT2D eigenvalue weighted by molar-refractivity contribution is 5.48. The van der Waals surface area contributed by atoms with Crippen molar-refractivity contribution in [3.8, 4) is 11.5 Å². The van der Waals surface area contributed by atoms with E-state index < -0.39 is 18.3 Å². The smallest absolute Gasteiger partial charge is 0.416 e. The van der Waals surface area contributed by atoms with Crippen LogP contribution in [0.3, 0.4) is 0 Å². The first-order valence-corrected chi connectivity index (χ1v) is 5.04. The van der Waals surface area contributed by atoms with E-state index in [9.17, 15) is 13.2 Å². The molecule has 3 N–H and O–H groups in total. The molecule has 4 nitrogen and oxygen atoms in total. The van der Waals surface area contributed by atoms with E-state index >= 15 is 0 Å². The molecule has 0 heterocycles. The Morgan fingerprint density at radius 3 is 2.28 bits per heavy atom. The lowest BCUT2D eigenvalue weighted by Crippen LogP contribution is -2.39. The number of hydrogen-bond donors (Lipinski definition) is 2. The van der Waals surface area contributed by atoms with E-state index in [0.29, 0.717) is 0 Å². The fourth-order valence-electron chi connectivity index (χ4n) is 1.55. The van der Waals surface area contributed by atoms with Crippen LogP contribution in [0.5, 0.6) is 11.5 Å². The first kappa shape index (κ1) is 14.6. The molecule has 0 fully saturated rings. The Balaban J connectivity index is 3.17.